The van der Waals surface area contributed by atoms with Gasteiger partial charge in [0.1, 0.15) is 0 Å². The molecule has 76 valence electrons. The summed E-state index contributed by atoms with van der Waals surface area (Å²) in [6.07, 6.45) is 1.57. The van der Waals surface area contributed by atoms with Crippen molar-refractivity contribution in [2.45, 2.75) is 6.42 Å². The lowest BCUT2D eigenvalue weighted by atomic mass is 10.1. The van der Waals surface area contributed by atoms with Crippen molar-refractivity contribution < 1.29 is 14.8 Å². The Hall–Kier alpha value is -1.94. The number of hydroxylamine groups is 2. The number of benzene rings is 1. The van der Waals surface area contributed by atoms with Gasteiger partial charge in [-0.15, -0.1) is 0 Å². The second-order valence-electron chi connectivity index (χ2n) is 3.27. The van der Waals surface area contributed by atoms with Gasteiger partial charge in [-0.25, -0.2) is 0 Å². The minimum atomic E-state index is -0.635. The molecule has 0 aliphatic carbocycles. The molecule has 4 heteroatoms. The lowest BCUT2D eigenvalue weighted by molar-refractivity contribution is -0.170. The average Bonchev–Trinajstić information content (AvgIpc) is 2.48. The summed E-state index contributed by atoms with van der Waals surface area (Å²) in [5.74, 6) is -1.22. The van der Waals surface area contributed by atoms with Crippen molar-refractivity contribution in [1.29, 1.82) is 0 Å². The highest BCUT2D eigenvalue weighted by atomic mass is 16.5. The quantitative estimate of drug-likeness (QED) is 0.424. The summed E-state index contributed by atoms with van der Waals surface area (Å²) in [6, 6.07) is 9.19. The van der Waals surface area contributed by atoms with Crippen LogP contribution >= 0.6 is 0 Å². The number of nitrogens with zero attached hydrogens (tertiary/aromatic N) is 1. The van der Waals surface area contributed by atoms with Crippen LogP contribution in [0.3, 0.4) is 0 Å². The second kappa shape index (κ2) is 3.67. The first-order chi connectivity index (χ1) is 7.18. The maximum Gasteiger partial charge on any atom is 0.281 e. The van der Waals surface area contributed by atoms with Crippen LogP contribution < -0.4 is 0 Å². The van der Waals surface area contributed by atoms with E-state index in [1.165, 1.54) is 0 Å². The highest BCUT2D eigenvalue weighted by Crippen LogP contribution is 2.19. The second-order valence-corrected chi connectivity index (χ2v) is 3.27. The summed E-state index contributed by atoms with van der Waals surface area (Å²) >= 11 is 0. The predicted molar refractivity (Wildman–Crippen MR) is 52.7 cm³/mol. The van der Waals surface area contributed by atoms with E-state index in [9.17, 15) is 9.59 Å². The Morgan fingerprint density at radius 2 is 1.87 bits per heavy atom. The Labute approximate surface area is 86.4 Å². The van der Waals surface area contributed by atoms with Crippen LogP contribution in [-0.2, 0) is 9.59 Å². The summed E-state index contributed by atoms with van der Waals surface area (Å²) in [5, 5.41) is 9.17. The largest absolute Gasteiger partial charge is 0.281 e. The van der Waals surface area contributed by atoms with E-state index in [0.29, 0.717) is 5.57 Å². The van der Waals surface area contributed by atoms with Gasteiger partial charge in [0.05, 0.1) is 6.42 Å². The number of amides is 2. The maximum atomic E-state index is 11.3. The van der Waals surface area contributed by atoms with Crippen LogP contribution in [0, 0.1) is 0 Å². The van der Waals surface area contributed by atoms with E-state index in [0.717, 1.165) is 5.56 Å². The van der Waals surface area contributed by atoms with E-state index in [2.05, 4.69) is 0 Å². The number of hydrogen-bond donors (Lipinski definition) is 1. The zero-order chi connectivity index (χ0) is 10.8. The monoisotopic (exact) mass is 203 g/mol. The Kier molecular flexibility index (Phi) is 2.35. The number of imide groups is 1. The van der Waals surface area contributed by atoms with Crippen LogP contribution in [0.1, 0.15) is 12.0 Å². The first kappa shape index (κ1) is 9.61. The lowest BCUT2D eigenvalue weighted by Crippen LogP contribution is -2.24. The van der Waals surface area contributed by atoms with E-state index in [-0.39, 0.29) is 11.5 Å². The fourth-order valence-corrected chi connectivity index (χ4v) is 1.43. The Bertz CT molecular complexity index is 436. The number of carbonyl (C=O) groups excluding carboxylic acids is 2. The lowest BCUT2D eigenvalue weighted by Gasteiger charge is -2.00. The molecule has 0 unspecified atom stereocenters. The summed E-state index contributed by atoms with van der Waals surface area (Å²) in [7, 11) is 0. The zero-order valence-electron chi connectivity index (χ0n) is 7.88. The molecule has 1 aromatic carbocycles. The van der Waals surface area contributed by atoms with Gasteiger partial charge in [0, 0.05) is 5.57 Å². The van der Waals surface area contributed by atoms with Gasteiger partial charge in [-0.2, -0.15) is 5.06 Å². The molecule has 2 amide bonds. The molecule has 0 spiro atoms. The normalized spacial score (nSPS) is 19.0. The van der Waals surface area contributed by atoms with E-state index < -0.39 is 11.8 Å². The van der Waals surface area contributed by atoms with Gasteiger partial charge in [-0.05, 0) is 11.6 Å². The summed E-state index contributed by atoms with van der Waals surface area (Å²) < 4.78 is 0. The average molecular weight is 203 g/mol. The van der Waals surface area contributed by atoms with Gasteiger partial charge >= 0.3 is 0 Å². The van der Waals surface area contributed by atoms with Gasteiger partial charge in [-0.1, -0.05) is 30.3 Å². The molecule has 1 aliphatic heterocycles. The number of carbonyl (C=O) groups is 2. The van der Waals surface area contributed by atoms with E-state index in [4.69, 9.17) is 5.21 Å². The van der Waals surface area contributed by atoms with Crippen LogP contribution in [-0.4, -0.2) is 22.1 Å². The molecule has 0 saturated carbocycles. The topological polar surface area (TPSA) is 57.6 Å². The van der Waals surface area contributed by atoms with Crippen LogP contribution in [0.4, 0.5) is 0 Å². The minimum Gasteiger partial charge on any atom is -0.278 e. The van der Waals surface area contributed by atoms with E-state index in [1.807, 2.05) is 30.3 Å². The molecule has 1 fully saturated rings. The van der Waals surface area contributed by atoms with Crippen molar-refractivity contribution in [2.75, 3.05) is 0 Å². The van der Waals surface area contributed by atoms with Crippen molar-refractivity contribution in [3.63, 3.8) is 0 Å². The molecule has 0 atom stereocenters. The first-order valence-corrected chi connectivity index (χ1v) is 4.50. The third kappa shape index (κ3) is 1.80. The van der Waals surface area contributed by atoms with E-state index >= 15 is 0 Å². The molecule has 1 aromatic rings. The van der Waals surface area contributed by atoms with Gasteiger partial charge in [0.15, 0.2) is 0 Å². The standard InChI is InChI=1S/C11H9NO3/c13-10-7-9(11(14)12(10)15)6-8-4-2-1-3-5-8/h1-6,15H,7H2. The Balaban J connectivity index is 2.30. The van der Waals surface area contributed by atoms with Crippen LogP contribution in [0.25, 0.3) is 6.08 Å². The predicted octanol–water partition coefficient (Wildman–Crippen LogP) is 1.22. The highest BCUT2D eigenvalue weighted by Gasteiger charge is 2.32. The van der Waals surface area contributed by atoms with Crippen molar-refractivity contribution in [3.8, 4) is 0 Å². The summed E-state index contributed by atoms with van der Waals surface area (Å²) in [6.45, 7) is 0. The van der Waals surface area contributed by atoms with Gasteiger partial charge < -0.3 is 0 Å². The molecule has 1 heterocycles. The SMILES string of the molecule is O=C1CC(=Cc2ccccc2)C(=O)N1O. The van der Waals surface area contributed by atoms with Crippen LogP contribution in [0.5, 0.6) is 0 Å². The molecular weight excluding hydrogens is 194 g/mol. The maximum absolute atomic E-state index is 11.3. The molecule has 1 N–H and O–H groups in total. The smallest absolute Gasteiger partial charge is 0.278 e. The molecule has 2 rings (SSSR count). The van der Waals surface area contributed by atoms with Crippen LogP contribution in [0.2, 0.25) is 0 Å². The fourth-order valence-electron chi connectivity index (χ4n) is 1.43. The van der Waals surface area contributed by atoms with Gasteiger partial charge in [0.2, 0.25) is 0 Å². The Morgan fingerprint density at radius 3 is 2.40 bits per heavy atom. The molecule has 0 radical (unpaired) electrons. The van der Waals surface area contributed by atoms with Crippen molar-refractivity contribution >= 4 is 17.9 Å². The number of hydrogen-bond acceptors (Lipinski definition) is 3. The van der Waals surface area contributed by atoms with Crippen molar-refractivity contribution in [1.82, 2.24) is 5.06 Å². The highest BCUT2D eigenvalue weighted by molar-refractivity contribution is 6.14. The Morgan fingerprint density at radius 1 is 1.20 bits per heavy atom. The first-order valence-electron chi connectivity index (χ1n) is 4.50. The zero-order valence-corrected chi connectivity index (χ0v) is 7.88. The molecular formula is C11H9NO3. The molecule has 4 nitrogen and oxygen atoms in total. The minimum absolute atomic E-state index is 0.0375. The molecule has 0 aromatic heterocycles. The third-order valence-electron chi connectivity index (χ3n) is 2.19. The fraction of sp³-hybridized carbons (Fsp3) is 0.0909. The van der Waals surface area contributed by atoms with E-state index in [1.54, 1.807) is 6.08 Å². The molecule has 1 aliphatic rings. The summed E-state index contributed by atoms with van der Waals surface area (Å²) in [5.41, 5.74) is 1.15. The molecule has 0 bridgehead atoms. The number of rotatable bonds is 1. The van der Waals surface area contributed by atoms with Crippen LogP contribution in [0.15, 0.2) is 35.9 Å². The van der Waals surface area contributed by atoms with Crippen molar-refractivity contribution in [2.24, 2.45) is 0 Å². The van der Waals surface area contributed by atoms with Gasteiger partial charge in [-0.3, -0.25) is 14.8 Å². The molecule has 1 saturated heterocycles. The third-order valence-corrected chi connectivity index (χ3v) is 2.19. The summed E-state index contributed by atoms with van der Waals surface area (Å²) in [4.78, 5) is 22.3. The van der Waals surface area contributed by atoms with Gasteiger partial charge in [0.25, 0.3) is 11.8 Å². The van der Waals surface area contributed by atoms with Crippen molar-refractivity contribution in [3.05, 3.63) is 41.5 Å². The molecule has 15 heavy (non-hydrogen) atoms.